The summed E-state index contributed by atoms with van der Waals surface area (Å²) < 4.78 is 22.9. The molecule has 0 atom stereocenters. The molecule has 0 fully saturated rings. The van der Waals surface area contributed by atoms with E-state index in [-0.39, 0.29) is 0 Å². The highest BCUT2D eigenvalue weighted by atomic mass is 32.2. The lowest BCUT2D eigenvalue weighted by Gasteiger charge is -2.11. The molecule has 0 aliphatic heterocycles. The number of thiazole rings is 1. The Hall–Kier alpha value is -1.93. The van der Waals surface area contributed by atoms with E-state index < -0.39 is 9.84 Å². The van der Waals surface area contributed by atoms with Crippen LogP contribution in [0.3, 0.4) is 0 Å². The summed E-state index contributed by atoms with van der Waals surface area (Å²) in [5.74, 6) is 0.734. The van der Waals surface area contributed by atoms with Crippen LogP contribution in [0, 0.1) is 13.8 Å². The van der Waals surface area contributed by atoms with Crippen molar-refractivity contribution in [1.29, 1.82) is 0 Å². The summed E-state index contributed by atoms with van der Waals surface area (Å²) in [5, 5.41) is 7.61. The van der Waals surface area contributed by atoms with Crippen molar-refractivity contribution in [2.75, 3.05) is 19.8 Å². The number of guanidine groups is 1. The zero-order valence-electron chi connectivity index (χ0n) is 15.0. The van der Waals surface area contributed by atoms with Gasteiger partial charge in [-0.15, -0.1) is 11.3 Å². The molecule has 1 aromatic heterocycles. The molecule has 0 aliphatic rings. The van der Waals surface area contributed by atoms with Crippen molar-refractivity contribution in [3.63, 3.8) is 0 Å². The number of aromatic nitrogens is 1. The number of hydrogen-bond acceptors (Lipinski definition) is 5. The van der Waals surface area contributed by atoms with Crippen LogP contribution in [-0.4, -0.2) is 39.2 Å². The van der Waals surface area contributed by atoms with Gasteiger partial charge < -0.3 is 10.6 Å². The van der Waals surface area contributed by atoms with Crippen LogP contribution in [0.15, 0.2) is 34.2 Å². The predicted octanol–water partition coefficient (Wildman–Crippen LogP) is 2.07. The minimum Gasteiger partial charge on any atom is -0.356 e. The van der Waals surface area contributed by atoms with Crippen LogP contribution in [0.4, 0.5) is 0 Å². The molecule has 0 bridgehead atoms. The third-order valence-corrected chi connectivity index (χ3v) is 5.90. The van der Waals surface area contributed by atoms with E-state index in [0.717, 1.165) is 28.6 Å². The van der Waals surface area contributed by atoms with Crippen LogP contribution < -0.4 is 10.6 Å². The maximum Gasteiger partial charge on any atom is 0.191 e. The highest BCUT2D eigenvalue weighted by Gasteiger charge is 2.07. The fourth-order valence-electron chi connectivity index (χ4n) is 2.35. The number of sulfone groups is 1. The monoisotopic (exact) mass is 380 g/mol. The van der Waals surface area contributed by atoms with E-state index in [1.54, 1.807) is 30.5 Å². The van der Waals surface area contributed by atoms with Gasteiger partial charge in [-0.1, -0.05) is 12.1 Å². The van der Waals surface area contributed by atoms with Gasteiger partial charge in [0.25, 0.3) is 0 Å². The molecule has 8 heteroatoms. The van der Waals surface area contributed by atoms with Gasteiger partial charge in [-0.05, 0) is 38.0 Å². The Morgan fingerprint density at radius 1 is 1.20 bits per heavy atom. The third kappa shape index (κ3) is 5.82. The normalized spacial score (nSPS) is 12.2. The molecule has 2 rings (SSSR count). The van der Waals surface area contributed by atoms with E-state index in [9.17, 15) is 8.42 Å². The Balaban J connectivity index is 1.82. The van der Waals surface area contributed by atoms with E-state index >= 15 is 0 Å². The number of nitrogens with one attached hydrogen (secondary N) is 2. The first-order valence-corrected chi connectivity index (χ1v) is 10.7. The summed E-state index contributed by atoms with van der Waals surface area (Å²) in [6, 6.07) is 6.98. The maximum atomic E-state index is 11.5. The Morgan fingerprint density at radius 2 is 1.88 bits per heavy atom. The number of rotatable bonds is 6. The van der Waals surface area contributed by atoms with Gasteiger partial charge in [-0.3, -0.25) is 4.99 Å². The molecular weight excluding hydrogens is 356 g/mol. The first kappa shape index (κ1) is 19.4. The summed E-state index contributed by atoms with van der Waals surface area (Å²) >= 11 is 1.69. The standard InChI is InChI=1S/C17H24N4O2S2/c1-12-16(24-13(2)21-12)11-20-17(18-3)19-10-9-14-5-7-15(8-6-14)25(4,22)23/h5-8H,9-11H2,1-4H3,(H2,18,19,20). The van der Waals surface area contributed by atoms with Crippen molar-refractivity contribution in [2.24, 2.45) is 4.99 Å². The molecule has 0 aliphatic carbocycles. The van der Waals surface area contributed by atoms with Crippen molar-refractivity contribution in [3.8, 4) is 0 Å². The molecule has 2 aromatic rings. The molecule has 1 heterocycles. The van der Waals surface area contributed by atoms with Gasteiger partial charge in [0, 0.05) is 24.7 Å². The minimum absolute atomic E-state index is 0.344. The Morgan fingerprint density at radius 3 is 2.40 bits per heavy atom. The van der Waals surface area contributed by atoms with Gasteiger partial charge in [0.1, 0.15) is 0 Å². The average molecular weight is 381 g/mol. The lowest BCUT2D eigenvalue weighted by atomic mass is 10.1. The van der Waals surface area contributed by atoms with E-state index in [4.69, 9.17) is 0 Å². The van der Waals surface area contributed by atoms with Crippen molar-refractivity contribution < 1.29 is 8.42 Å². The molecule has 0 radical (unpaired) electrons. The molecular formula is C17H24N4O2S2. The lowest BCUT2D eigenvalue weighted by Crippen LogP contribution is -2.37. The summed E-state index contributed by atoms with van der Waals surface area (Å²) in [4.78, 5) is 10.2. The highest BCUT2D eigenvalue weighted by Crippen LogP contribution is 2.16. The molecule has 1 aromatic carbocycles. The van der Waals surface area contributed by atoms with Gasteiger partial charge in [0.05, 0.1) is 22.1 Å². The summed E-state index contributed by atoms with van der Waals surface area (Å²) in [7, 11) is -1.40. The van der Waals surface area contributed by atoms with Gasteiger partial charge in [0.2, 0.25) is 0 Å². The van der Waals surface area contributed by atoms with Crippen LogP contribution in [0.5, 0.6) is 0 Å². The van der Waals surface area contributed by atoms with Crippen LogP contribution in [0.1, 0.15) is 21.1 Å². The van der Waals surface area contributed by atoms with Gasteiger partial charge >= 0.3 is 0 Å². The average Bonchev–Trinajstić information content (AvgIpc) is 2.88. The molecule has 0 amide bonds. The Kier molecular flexibility index (Phi) is 6.55. The van der Waals surface area contributed by atoms with E-state index in [1.807, 2.05) is 26.0 Å². The summed E-state index contributed by atoms with van der Waals surface area (Å²) in [6.07, 6.45) is 2.00. The first-order chi connectivity index (χ1) is 11.8. The van der Waals surface area contributed by atoms with Crippen molar-refractivity contribution in [1.82, 2.24) is 15.6 Å². The van der Waals surface area contributed by atoms with Gasteiger partial charge in [-0.25, -0.2) is 13.4 Å². The summed E-state index contributed by atoms with van der Waals surface area (Å²) in [6.45, 7) is 5.42. The molecule has 6 nitrogen and oxygen atoms in total. The molecule has 0 spiro atoms. The second-order valence-electron chi connectivity index (χ2n) is 5.76. The van der Waals surface area contributed by atoms with Crippen LogP contribution in [-0.2, 0) is 22.8 Å². The fraction of sp³-hybridized carbons (Fsp3) is 0.412. The second-order valence-corrected chi connectivity index (χ2v) is 9.06. The molecule has 0 saturated carbocycles. The topological polar surface area (TPSA) is 83.5 Å². The molecule has 0 saturated heterocycles. The minimum atomic E-state index is -3.14. The van der Waals surface area contributed by atoms with Crippen LogP contribution >= 0.6 is 11.3 Å². The molecule has 136 valence electrons. The zero-order valence-corrected chi connectivity index (χ0v) is 16.6. The summed E-state index contributed by atoms with van der Waals surface area (Å²) in [5.41, 5.74) is 2.13. The number of aryl methyl sites for hydroxylation is 2. The largest absolute Gasteiger partial charge is 0.356 e. The van der Waals surface area contributed by atoms with Crippen molar-refractivity contribution in [2.45, 2.75) is 31.7 Å². The Bertz CT molecular complexity index is 840. The SMILES string of the molecule is CN=C(NCCc1ccc(S(C)(=O)=O)cc1)NCc1sc(C)nc1C. The Labute approximate surface area is 153 Å². The first-order valence-electron chi connectivity index (χ1n) is 7.96. The van der Waals surface area contributed by atoms with E-state index in [0.29, 0.717) is 18.0 Å². The number of aliphatic imine (C=N–C) groups is 1. The number of nitrogens with zero attached hydrogens (tertiary/aromatic N) is 2. The molecule has 0 unspecified atom stereocenters. The fourth-order valence-corrected chi connectivity index (χ4v) is 3.86. The van der Waals surface area contributed by atoms with E-state index in [2.05, 4.69) is 20.6 Å². The van der Waals surface area contributed by atoms with Gasteiger partial charge in [0.15, 0.2) is 15.8 Å². The lowest BCUT2D eigenvalue weighted by molar-refractivity contribution is 0.602. The third-order valence-electron chi connectivity index (χ3n) is 3.70. The molecule has 2 N–H and O–H groups in total. The smallest absolute Gasteiger partial charge is 0.191 e. The van der Waals surface area contributed by atoms with Crippen LogP contribution in [0.25, 0.3) is 0 Å². The maximum absolute atomic E-state index is 11.5. The van der Waals surface area contributed by atoms with Crippen LogP contribution in [0.2, 0.25) is 0 Å². The quantitative estimate of drug-likeness (QED) is 0.592. The van der Waals surface area contributed by atoms with Crippen molar-refractivity contribution >= 4 is 27.1 Å². The number of hydrogen-bond donors (Lipinski definition) is 2. The number of benzene rings is 1. The zero-order chi connectivity index (χ0) is 18.4. The second kappa shape index (κ2) is 8.44. The molecule has 25 heavy (non-hydrogen) atoms. The van der Waals surface area contributed by atoms with Crippen molar-refractivity contribution in [3.05, 3.63) is 45.4 Å². The van der Waals surface area contributed by atoms with E-state index in [1.165, 1.54) is 11.1 Å². The van der Waals surface area contributed by atoms with Gasteiger partial charge in [-0.2, -0.15) is 0 Å². The predicted molar refractivity (Wildman–Crippen MR) is 103 cm³/mol. The highest BCUT2D eigenvalue weighted by molar-refractivity contribution is 7.90.